The lowest BCUT2D eigenvalue weighted by Crippen LogP contribution is -2.53. The third-order valence-electron chi connectivity index (χ3n) is 6.05. The van der Waals surface area contributed by atoms with Gasteiger partial charge in [0.2, 0.25) is 5.91 Å². The molecule has 3 fully saturated rings. The molecule has 6 heteroatoms. The SMILES string of the molecule is O=C(C1CC1)N(CCN1CCOCC1)C1CCCN(Cc2ccncc2)C1. The first-order chi connectivity index (χ1) is 13.3. The quantitative estimate of drug-likeness (QED) is 0.728. The van der Waals surface area contributed by atoms with Crippen LogP contribution in [0.25, 0.3) is 0 Å². The summed E-state index contributed by atoms with van der Waals surface area (Å²) in [7, 11) is 0. The van der Waals surface area contributed by atoms with Gasteiger partial charge in [0.25, 0.3) is 0 Å². The average Bonchev–Trinajstić information content (AvgIpc) is 3.55. The first kappa shape index (κ1) is 18.8. The van der Waals surface area contributed by atoms with Crippen molar-refractivity contribution in [1.82, 2.24) is 19.7 Å². The Bertz CT molecular complexity index is 601. The van der Waals surface area contributed by atoms with Gasteiger partial charge in [-0.25, -0.2) is 0 Å². The van der Waals surface area contributed by atoms with Gasteiger partial charge in [-0.15, -0.1) is 0 Å². The predicted octanol–water partition coefficient (Wildman–Crippen LogP) is 1.62. The van der Waals surface area contributed by atoms with Crippen molar-refractivity contribution in [3.8, 4) is 0 Å². The fraction of sp³-hybridized carbons (Fsp3) is 0.714. The molecule has 1 aliphatic carbocycles. The zero-order valence-corrected chi connectivity index (χ0v) is 16.3. The van der Waals surface area contributed by atoms with Gasteiger partial charge in [-0.3, -0.25) is 19.6 Å². The van der Waals surface area contributed by atoms with Gasteiger partial charge in [-0.2, -0.15) is 0 Å². The van der Waals surface area contributed by atoms with Gasteiger partial charge >= 0.3 is 0 Å². The largest absolute Gasteiger partial charge is 0.379 e. The molecule has 2 aliphatic heterocycles. The lowest BCUT2D eigenvalue weighted by atomic mass is 10.0. The number of likely N-dealkylation sites (tertiary alicyclic amines) is 1. The highest BCUT2D eigenvalue weighted by Crippen LogP contribution is 2.32. The molecule has 3 heterocycles. The summed E-state index contributed by atoms with van der Waals surface area (Å²) in [6, 6.07) is 4.54. The van der Waals surface area contributed by atoms with Gasteiger partial charge in [0.05, 0.1) is 13.2 Å². The normalized spacial score (nSPS) is 24.7. The summed E-state index contributed by atoms with van der Waals surface area (Å²) in [6.45, 7) is 8.52. The van der Waals surface area contributed by atoms with Gasteiger partial charge in [0.15, 0.2) is 0 Å². The minimum absolute atomic E-state index is 0.297. The summed E-state index contributed by atoms with van der Waals surface area (Å²) in [6.07, 6.45) is 8.20. The zero-order valence-electron chi connectivity index (χ0n) is 16.3. The maximum absolute atomic E-state index is 13.0. The Morgan fingerprint density at radius 1 is 1.11 bits per heavy atom. The van der Waals surface area contributed by atoms with Gasteiger partial charge in [0.1, 0.15) is 0 Å². The lowest BCUT2D eigenvalue weighted by molar-refractivity contribution is -0.136. The number of carbonyl (C=O) groups is 1. The van der Waals surface area contributed by atoms with E-state index in [1.54, 1.807) is 0 Å². The predicted molar refractivity (Wildman–Crippen MR) is 104 cm³/mol. The van der Waals surface area contributed by atoms with E-state index in [-0.39, 0.29) is 0 Å². The number of aromatic nitrogens is 1. The average molecular weight is 373 g/mol. The summed E-state index contributed by atoms with van der Waals surface area (Å²) in [5.41, 5.74) is 1.30. The van der Waals surface area contributed by atoms with Crippen molar-refractivity contribution in [1.29, 1.82) is 0 Å². The molecule has 6 nitrogen and oxygen atoms in total. The Labute approximate surface area is 162 Å². The molecule has 1 aromatic rings. The van der Waals surface area contributed by atoms with Crippen LogP contribution in [0.2, 0.25) is 0 Å². The highest BCUT2D eigenvalue weighted by molar-refractivity contribution is 5.81. The van der Waals surface area contributed by atoms with Crippen LogP contribution < -0.4 is 0 Å². The maximum Gasteiger partial charge on any atom is 0.226 e. The summed E-state index contributed by atoms with van der Waals surface area (Å²) in [5, 5.41) is 0. The molecule has 0 radical (unpaired) electrons. The fourth-order valence-electron chi connectivity index (χ4n) is 4.29. The van der Waals surface area contributed by atoms with Crippen LogP contribution in [0.3, 0.4) is 0 Å². The number of pyridine rings is 1. The molecule has 3 aliphatic rings. The van der Waals surface area contributed by atoms with E-state index >= 15 is 0 Å². The smallest absolute Gasteiger partial charge is 0.226 e. The third-order valence-corrected chi connectivity index (χ3v) is 6.05. The van der Waals surface area contributed by atoms with Crippen LogP contribution in [-0.2, 0) is 16.1 Å². The van der Waals surface area contributed by atoms with E-state index in [1.807, 2.05) is 12.4 Å². The Morgan fingerprint density at radius 3 is 2.63 bits per heavy atom. The molecule has 148 valence electrons. The molecule has 0 bridgehead atoms. The van der Waals surface area contributed by atoms with Crippen molar-refractivity contribution in [2.75, 3.05) is 52.5 Å². The van der Waals surface area contributed by atoms with Crippen LogP contribution in [0.4, 0.5) is 0 Å². The molecule has 1 atom stereocenters. The third kappa shape index (κ3) is 5.27. The van der Waals surface area contributed by atoms with Crippen LogP contribution >= 0.6 is 0 Å². The molecule has 1 saturated carbocycles. The molecule has 1 aromatic heterocycles. The van der Waals surface area contributed by atoms with Gasteiger partial charge in [0, 0.05) is 63.6 Å². The van der Waals surface area contributed by atoms with Crippen molar-refractivity contribution in [2.45, 2.75) is 38.3 Å². The number of amides is 1. The molecule has 4 rings (SSSR count). The van der Waals surface area contributed by atoms with Gasteiger partial charge < -0.3 is 9.64 Å². The van der Waals surface area contributed by atoms with Crippen LogP contribution in [0.15, 0.2) is 24.5 Å². The number of hydrogen-bond acceptors (Lipinski definition) is 5. The van der Waals surface area contributed by atoms with Crippen molar-refractivity contribution in [2.24, 2.45) is 5.92 Å². The van der Waals surface area contributed by atoms with E-state index in [9.17, 15) is 4.79 Å². The van der Waals surface area contributed by atoms with Crippen LogP contribution in [-0.4, -0.2) is 84.1 Å². The second-order valence-corrected chi connectivity index (χ2v) is 8.15. The number of carbonyl (C=O) groups excluding carboxylic acids is 1. The van der Waals surface area contributed by atoms with E-state index in [1.165, 1.54) is 12.0 Å². The van der Waals surface area contributed by atoms with Gasteiger partial charge in [-0.1, -0.05) is 0 Å². The van der Waals surface area contributed by atoms with E-state index in [2.05, 4.69) is 31.8 Å². The zero-order chi connectivity index (χ0) is 18.5. The minimum atomic E-state index is 0.297. The number of rotatable bonds is 7. The molecule has 0 N–H and O–H groups in total. The van der Waals surface area contributed by atoms with E-state index in [0.29, 0.717) is 17.9 Å². The standard InChI is InChI=1S/C21H32N4O2/c26-21(19-3-4-19)25(11-10-23-12-14-27-15-13-23)20-2-1-9-24(17-20)16-18-5-7-22-8-6-18/h5-8,19-20H,1-4,9-17H2. The molecule has 2 saturated heterocycles. The Hall–Kier alpha value is -1.50. The fourth-order valence-corrected chi connectivity index (χ4v) is 4.29. The molecule has 1 amide bonds. The number of piperidine rings is 1. The first-order valence-electron chi connectivity index (χ1n) is 10.5. The number of nitrogens with zero attached hydrogens (tertiary/aromatic N) is 4. The van der Waals surface area contributed by atoms with Crippen LogP contribution in [0.5, 0.6) is 0 Å². The van der Waals surface area contributed by atoms with Gasteiger partial charge in [-0.05, 0) is 49.9 Å². The number of ether oxygens (including phenoxy) is 1. The molecular weight excluding hydrogens is 340 g/mol. The highest BCUT2D eigenvalue weighted by Gasteiger charge is 2.37. The summed E-state index contributed by atoms with van der Waals surface area (Å²) >= 11 is 0. The second kappa shape index (κ2) is 9.13. The molecule has 27 heavy (non-hydrogen) atoms. The van der Waals surface area contributed by atoms with E-state index < -0.39 is 0 Å². The highest BCUT2D eigenvalue weighted by atomic mass is 16.5. The minimum Gasteiger partial charge on any atom is -0.379 e. The summed E-state index contributed by atoms with van der Waals surface area (Å²) < 4.78 is 5.46. The van der Waals surface area contributed by atoms with Crippen molar-refractivity contribution >= 4 is 5.91 Å². The Morgan fingerprint density at radius 2 is 1.89 bits per heavy atom. The van der Waals surface area contributed by atoms with Crippen LogP contribution in [0, 0.1) is 5.92 Å². The number of morpholine rings is 1. The summed E-state index contributed by atoms with van der Waals surface area (Å²) in [5.74, 6) is 0.698. The lowest BCUT2D eigenvalue weighted by Gasteiger charge is -2.40. The summed E-state index contributed by atoms with van der Waals surface area (Å²) in [4.78, 5) is 24.3. The topological polar surface area (TPSA) is 48.9 Å². The van der Waals surface area contributed by atoms with Crippen molar-refractivity contribution in [3.05, 3.63) is 30.1 Å². The van der Waals surface area contributed by atoms with E-state index in [4.69, 9.17) is 4.74 Å². The monoisotopic (exact) mass is 372 g/mol. The maximum atomic E-state index is 13.0. The van der Waals surface area contributed by atoms with Crippen molar-refractivity contribution < 1.29 is 9.53 Å². The van der Waals surface area contributed by atoms with Crippen LogP contribution in [0.1, 0.15) is 31.2 Å². The Balaban J connectivity index is 1.36. The molecule has 0 spiro atoms. The first-order valence-corrected chi connectivity index (χ1v) is 10.5. The number of hydrogen-bond donors (Lipinski definition) is 0. The van der Waals surface area contributed by atoms with Crippen molar-refractivity contribution in [3.63, 3.8) is 0 Å². The second-order valence-electron chi connectivity index (χ2n) is 8.15. The molecule has 0 aromatic carbocycles. The molecular formula is C21H32N4O2. The molecule has 1 unspecified atom stereocenters. The Kier molecular flexibility index (Phi) is 6.37. The van der Waals surface area contributed by atoms with E-state index in [0.717, 1.165) is 78.3 Å².